The number of nitrogens with zero attached hydrogens (tertiary/aromatic N) is 1. The minimum Gasteiger partial charge on any atom is -0.411 e. The average molecular weight is 178 g/mol. The summed E-state index contributed by atoms with van der Waals surface area (Å²) in [6.07, 6.45) is 0. The molecule has 3 nitrogen and oxygen atoms in total. The lowest BCUT2D eigenvalue weighted by atomic mass is 10.1. The van der Waals surface area contributed by atoms with Crippen LogP contribution in [0.3, 0.4) is 0 Å². The Labute approximate surface area is 78.1 Å². The van der Waals surface area contributed by atoms with Crippen LogP contribution in [0.4, 0.5) is 0 Å². The lowest BCUT2D eigenvalue weighted by Gasteiger charge is -2.11. The molecule has 1 atom stereocenters. The van der Waals surface area contributed by atoms with Crippen LogP contribution >= 0.6 is 0 Å². The summed E-state index contributed by atoms with van der Waals surface area (Å²) < 4.78 is 0. The Balaban J connectivity index is 2.93. The third-order valence-corrected chi connectivity index (χ3v) is 2.02. The van der Waals surface area contributed by atoms with Crippen LogP contribution in [0.1, 0.15) is 12.5 Å². The van der Waals surface area contributed by atoms with Crippen LogP contribution < -0.4 is 5.32 Å². The summed E-state index contributed by atoms with van der Waals surface area (Å²) >= 11 is 0. The first-order valence-electron chi connectivity index (χ1n) is 4.24. The van der Waals surface area contributed by atoms with Gasteiger partial charge in [-0.1, -0.05) is 35.5 Å². The standard InChI is InChI=1S/C10H14N2O/c1-8(11-2)10(12-13)9-6-4-3-5-7-9/h3-8,11,13H,1-2H3/b12-10-. The molecule has 0 saturated carbocycles. The van der Waals surface area contributed by atoms with E-state index < -0.39 is 0 Å². The third-order valence-electron chi connectivity index (χ3n) is 2.02. The molecule has 3 heteroatoms. The summed E-state index contributed by atoms with van der Waals surface area (Å²) in [7, 11) is 1.83. The monoisotopic (exact) mass is 178 g/mol. The Kier molecular flexibility index (Phi) is 3.46. The largest absolute Gasteiger partial charge is 0.411 e. The van der Waals surface area contributed by atoms with E-state index in [0.29, 0.717) is 5.71 Å². The molecular formula is C10H14N2O. The smallest absolute Gasteiger partial charge is 0.103 e. The molecule has 1 aromatic rings. The maximum absolute atomic E-state index is 8.83. The van der Waals surface area contributed by atoms with E-state index in [-0.39, 0.29) is 6.04 Å². The summed E-state index contributed by atoms with van der Waals surface area (Å²) in [4.78, 5) is 0. The minimum absolute atomic E-state index is 0.0485. The van der Waals surface area contributed by atoms with Gasteiger partial charge in [-0.05, 0) is 14.0 Å². The Morgan fingerprint density at radius 1 is 1.38 bits per heavy atom. The van der Waals surface area contributed by atoms with Crippen LogP contribution in [0, 0.1) is 0 Å². The number of rotatable bonds is 3. The minimum atomic E-state index is 0.0485. The van der Waals surface area contributed by atoms with Crippen LogP contribution in [0.15, 0.2) is 35.5 Å². The summed E-state index contributed by atoms with van der Waals surface area (Å²) in [6, 6.07) is 9.66. The van der Waals surface area contributed by atoms with Gasteiger partial charge in [0.2, 0.25) is 0 Å². The highest BCUT2D eigenvalue weighted by Gasteiger charge is 2.10. The van der Waals surface area contributed by atoms with Gasteiger partial charge in [-0.25, -0.2) is 0 Å². The van der Waals surface area contributed by atoms with E-state index in [0.717, 1.165) is 5.56 Å². The molecule has 1 aromatic carbocycles. The van der Waals surface area contributed by atoms with Crippen molar-refractivity contribution in [1.29, 1.82) is 0 Å². The lowest BCUT2D eigenvalue weighted by molar-refractivity contribution is 0.316. The van der Waals surface area contributed by atoms with E-state index in [1.807, 2.05) is 44.3 Å². The molecule has 13 heavy (non-hydrogen) atoms. The first-order valence-corrected chi connectivity index (χ1v) is 4.24. The fourth-order valence-corrected chi connectivity index (χ4v) is 1.14. The normalized spacial score (nSPS) is 14.2. The molecule has 2 N–H and O–H groups in total. The van der Waals surface area contributed by atoms with Crippen molar-refractivity contribution in [3.63, 3.8) is 0 Å². The highest BCUT2D eigenvalue weighted by atomic mass is 16.4. The van der Waals surface area contributed by atoms with E-state index in [1.54, 1.807) is 0 Å². The summed E-state index contributed by atoms with van der Waals surface area (Å²) in [5.41, 5.74) is 1.59. The molecule has 1 rings (SSSR count). The van der Waals surface area contributed by atoms with Crippen molar-refractivity contribution in [2.45, 2.75) is 13.0 Å². The first-order chi connectivity index (χ1) is 6.29. The van der Waals surface area contributed by atoms with Gasteiger partial charge >= 0.3 is 0 Å². The van der Waals surface area contributed by atoms with Crippen molar-refractivity contribution in [3.8, 4) is 0 Å². The number of nitrogens with one attached hydrogen (secondary N) is 1. The van der Waals surface area contributed by atoms with Crippen molar-refractivity contribution >= 4 is 5.71 Å². The molecule has 0 aromatic heterocycles. The molecule has 0 aliphatic rings. The van der Waals surface area contributed by atoms with Gasteiger partial charge in [-0.3, -0.25) is 0 Å². The maximum atomic E-state index is 8.83. The third kappa shape index (κ3) is 2.29. The van der Waals surface area contributed by atoms with Gasteiger partial charge in [0, 0.05) is 5.56 Å². The predicted octanol–water partition coefficient (Wildman–Crippen LogP) is 1.47. The molecule has 0 fully saturated rings. The highest BCUT2D eigenvalue weighted by molar-refractivity contribution is 6.03. The second kappa shape index (κ2) is 4.62. The van der Waals surface area contributed by atoms with Crippen molar-refractivity contribution in [2.75, 3.05) is 7.05 Å². The van der Waals surface area contributed by atoms with Crippen molar-refractivity contribution in [3.05, 3.63) is 35.9 Å². The number of hydrogen-bond donors (Lipinski definition) is 2. The molecule has 70 valence electrons. The van der Waals surface area contributed by atoms with Crippen molar-refractivity contribution < 1.29 is 5.21 Å². The molecular weight excluding hydrogens is 164 g/mol. The van der Waals surface area contributed by atoms with Gasteiger partial charge in [0.05, 0.1) is 6.04 Å². The van der Waals surface area contributed by atoms with Crippen LogP contribution in [0.5, 0.6) is 0 Å². The average Bonchev–Trinajstić information content (AvgIpc) is 2.20. The molecule has 0 aliphatic heterocycles. The fourth-order valence-electron chi connectivity index (χ4n) is 1.14. The Morgan fingerprint density at radius 3 is 2.46 bits per heavy atom. The van der Waals surface area contributed by atoms with E-state index in [4.69, 9.17) is 5.21 Å². The van der Waals surface area contributed by atoms with E-state index in [9.17, 15) is 0 Å². The zero-order valence-corrected chi connectivity index (χ0v) is 7.86. The SMILES string of the molecule is CNC(C)/C(=N/O)c1ccccc1. The molecule has 0 aliphatic carbocycles. The summed E-state index contributed by atoms with van der Waals surface area (Å²) in [5.74, 6) is 0. The van der Waals surface area contributed by atoms with Gasteiger partial charge in [-0.2, -0.15) is 0 Å². The molecule has 0 amide bonds. The van der Waals surface area contributed by atoms with E-state index in [2.05, 4.69) is 10.5 Å². The zero-order chi connectivity index (χ0) is 9.68. The van der Waals surface area contributed by atoms with E-state index in [1.165, 1.54) is 0 Å². The number of hydrogen-bond acceptors (Lipinski definition) is 3. The lowest BCUT2D eigenvalue weighted by Crippen LogP contribution is -2.31. The van der Waals surface area contributed by atoms with Crippen LogP contribution in [-0.2, 0) is 0 Å². The fraction of sp³-hybridized carbons (Fsp3) is 0.300. The second-order valence-corrected chi connectivity index (χ2v) is 2.86. The number of benzene rings is 1. The number of oxime groups is 1. The van der Waals surface area contributed by atoms with Gasteiger partial charge in [0.15, 0.2) is 0 Å². The van der Waals surface area contributed by atoms with Gasteiger partial charge in [0.25, 0.3) is 0 Å². The number of likely N-dealkylation sites (N-methyl/N-ethyl adjacent to an activating group) is 1. The Morgan fingerprint density at radius 2 is 2.00 bits per heavy atom. The highest BCUT2D eigenvalue weighted by Crippen LogP contribution is 2.04. The Bertz CT molecular complexity index is 282. The van der Waals surface area contributed by atoms with Gasteiger partial charge in [0.1, 0.15) is 5.71 Å². The van der Waals surface area contributed by atoms with Gasteiger partial charge in [-0.15, -0.1) is 0 Å². The van der Waals surface area contributed by atoms with Crippen LogP contribution in [-0.4, -0.2) is 24.0 Å². The molecule has 1 unspecified atom stereocenters. The molecule has 0 saturated heterocycles. The van der Waals surface area contributed by atoms with Crippen LogP contribution in [0.25, 0.3) is 0 Å². The molecule has 0 heterocycles. The predicted molar refractivity (Wildman–Crippen MR) is 53.3 cm³/mol. The first kappa shape index (κ1) is 9.74. The molecule has 0 radical (unpaired) electrons. The summed E-state index contributed by atoms with van der Waals surface area (Å²) in [6.45, 7) is 1.95. The van der Waals surface area contributed by atoms with Gasteiger partial charge < -0.3 is 10.5 Å². The topological polar surface area (TPSA) is 44.6 Å². The molecule has 0 bridgehead atoms. The van der Waals surface area contributed by atoms with Crippen molar-refractivity contribution in [1.82, 2.24) is 5.32 Å². The quantitative estimate of drug-likeness (QED) is 0.418. The molecule has 0 spiro atoms. The maximum Gasteiger partial charge on any atom is 0.103 e. The van der Waals surface area contributed by atoms with Crippen LogP contribution in [0.2, 0.25) is 0 Å². The summed E-state index contributed by atoms with van der Waals surface area (Å²) in [5, 5.41) is 15.1. The van der Waals surface area contributed by atoms with Crippen molar-refractivity contribution in [2.24, 2.45) is 5.16 Å². The second-order valence-electron chi connectivity index (χ2n) is 2.86. The Hall–Kier alpha value is -1.35. The zero-order valence-electron chi connectivity index (χ0n) is 7.86. The van der Waals surface area contributed by atoms with E-state index >= 15 is 0 Å².